The number of Topliss-reactive ketones (excluding diaryl/α,β-unsaturated/α-hetero) is 1. The number of aromatic nitrogens is 3. The lowest BCUT2D eigenvalue weighted by Crippen LogP contribution is -2.47. The molecular weight excluding hydrogens is 354 g/mol. The van der Waals surface area contributed by atoms with Crippen LogP contribution in [0.25, 0.3) is 0 Å². The molecule has 5 rings (SSSR count). The maximum atomic E-state index is 12.5. The summed E-state index contributed by atoms with van der Waals surface area (Å²) in [7, 11) is 0. The van der Waals surface area contributed by atoms with E-state index in [1.54, 1.807) is 12.5 Å². The molecule has 7 heteroatoms. The van der Waals surface area contributed by atoms with Crippen LogP contribution in [0.3, 0.4) is 0 Å². The van der Waals surface area contributed by atoms with Crippen molar-refractivity contribution in [3.8, 4) is 0 Å². The van der Waals surface area contributed by atoms with E-state index in [-0.39, 0.29) is 11.7 Å². The molecule has 1 fully saturated rings. The first kappa shape index (κ1) is 16.9. The molecular formula is C21H21N5O2. The highest BCUT2D eigenvalue weighted by atomic mass is 16.3. The molecule has 7 nitrogen and oxygen atoms in total. The molecule has 28 heavy (non-hydrogen) atoms. The monoisotopic (exact) mass is 375 g/mol. The van der Waals surface area contributed by atoms with Gasteiger partial charge in [-0.3, -0.25) is 4.79 Å². The van der Waals surface area contributed by atoms with E-state index in [9.17, 15) is 4.79 Å². The summed E-state index contributed by atoms with van der Waals surface area (Å²) in [5.41, 5.74) is 1.48. The Bertz CT molecular complexity index is 966. The van der Waals surface area contributed by atoms with Gasteiger partial charge in [0.05, 0.1) is 17.5 Å². The van der Waals surface area contributed by atoms with Gasteiger partial charge in [0.15, 0.2) is 5.78 Å². The summed E-state index contributed by atoms with van der Waals surface area (Å²) in [6, 6.07) is 9.76. The SMILES string of the molecule is O=C1CC(c2ccco2)Cc2nc(N3CCN(c4ccccn4)CC3)ncc21. The van der Waals surface area contributed by atoms with Gasteiger partial charge in [0.1, 0.15) is 11.6 Å². The van der Waals surface area contributed by atoms with Crippen molar-refractivity contribution >= 4 is 17.5 Å². The van der Waals surface area contributed by atoms with E-state index in [0.29, 0.717) is 24.4 Å². The number of rotatable bonds is 3. The fourth-order valence-corrected chi connectivity index (χ4v) is 3.99. The number of anilines is 2. The van der Waals surface area contributed by atoms with Gasteiger partial charge in [-0.1, -0.05) is 6.07 Å². The van der Waals surface area contributed by atoms with Crippen LogP contribution in [0, 0.1) is 0 Å². The van der Waals surface area contributed by atoms with E-state index in [1.165, 1.54) is 0 Å². The Morgan fingerprint density at radius 2 is 1.82 bits per heavy atom. The second-order valence-electron chi connectivity index (χ2n) is 7.24. The van der Waals surface area contributed by atoms with Gasteiger partial charge in [0.2, 0.25) is 5.95 Å². The van der Waals surface area contributed by atoms with Crippen LogP contribution < -0.4 is 9.80 Å². The summed E-state index contributed by atoms with van der Waals surface area (Å²) in [6.07, 6.45) is 6.33. The minimum absolute atomic E-state index is 0.0544. The summed E-state index contributed by atoms with van der Waals surface area (Å²) in [5.74, 6) is 2.70. The third kappa shape index (κ3) is 3.13. The van der Waals surface area contributed by atoms with Crippen LogP contribution in [0.1, 0.15) is 34.2 Å². The molecule has 142 valence electrons. The molecule has 3 aromatic heterocycles. The number of hydrogen-bond donors (Lipinski definition) is 0. The van der Waals surface area contributed by atoms with Gasteiger partial charge >= 0.3 is 0 Å². The molecule has 1 aliphatic heterocycles. The van der Waals surface area contributed by atoms with Crippen LogP contribution in [0.4, 0.5) is 11.8 Å². The number of pyridine rings is 1. The molecule has 0 bridgehead atoms. The molecule has 0 spiro atoms. The highest BCUT2D eigenvalue weighted by molar-refractivity contribution is 5.98. The zero-order valence-corrected chi connectivity index (χ0v) is 15.5. The Morgan fingerprint density at radius 3 is 2.57 bits per heavy atom. The van der Waals surface area contributed by atoms with Crippen molar-refractivity contribution in [1.29, 1.82) is 0 Å². The topological polar surface area (TPSA) is 75.4 Å². The number of piperazine rings is 1. The van der Waals surface area contributed by atoms with Crippen molar-refractivity contribution in [3.05, 3.63) is 66.0 Å². The molecule has 0 radical (unpaired) electrons. The van der Waals surface area contributed by atoms with Crippen molar-refractivity contribution in [2.75, 3.05) is 36.0 Å². The normalized spacial score (nSPS) is 19.6. The van der Waals surface area contributed by atoms with Gasteiger partial charge in [-0.25, -0.2) is 15.0 Å². The molecule has 2 aliphatic rings. The molecule has 1 unspecified atom stereocenters. The second kappa shape index (κ2) is 7.07. The predicted octanol–water partition coefficient (Wildman–Crippen LogP) is 2.70. The lowest BCUT2D eigenvalue weighted by molar-refractivity contribution is 0.0958. The minimum atomic E-state index is 0.0544. The van der Waals surface area contributed by atoms with Gasteiger partial charge < -0.3 is 14.2 Å². The highest BCUT2D eigenvalue weighted by Gasteiger charge is 2.30. The standard InChI is InChI=1S/C21H21N5O2/c27-18-13-15(19-4-3-11-28-19)12-17-16(18)14-23-21(24-17)26-9-7-25(8-10-26)20-5-1-2-6-22-20/h1-6,11,14-15H,7-10,12-13H2. The van der Waals surface area contributed by atoms with E-state index in [0.717, 1.165) is 43.5 Å². The van der Waals surface area contributed by atoms with Crippen LogP contribution in [0.5, 0.6) is 0 Å². The van der Waals surface area contributed by atoms with Gasteiger partial charge in [0, 0.05) is 57.3 Å². The highest BCUT2D eigenvalue weighted by Crippen LogP contribution is 2.32. The van der Waals surface area contributed by atoms with E-state index >= 15 is 0 Å². The van der Waals surface area contributed by atoms with Gasteiger partial charge in [-0.05, 0) is 24.3 Å². The molecule has 0 N–H and O–H groups in total. The number of fused-ring (bicyclic) bond motifs is 1. The number of nitrogens with zero attached hydrogens (tertiary/aromatic N) is 5. The molecule has 1 aliphatic carbocycles. The number of carbonyl (C=O) groups excluding carboxylic acids is 1. The van der Waals surface area contributed by atoms with Crippen molar-refractivity contribution in [3.63, 3.8) is 0 Å². The predicted molar refractivity (Wildman–Crippen MR) is 105 cm³/mol. The Kier molecular flexibility index (Phi) is 4.27. The van der Waals surface area contributed by atoms with E-state index in [4.69, 9.17) is 9.40 Å². The molecule has 0 saturated carbocycles. The first-order valence-electron chi connectivity index (χ1n) is 9.61. The van der Waals surface area contributed by atoms with Crippen LogP contribution in [-0.2, 0) is 6.42 Å². The van der Waals surface area contributed by atoms with Crippen LogP contribution in [0.2, 0.25) is 0 Å². The minimum Gasteiger partial charge on any atom is -0.469 e. The van der Waals surface area contributed by atoms with Crippen molar-refractivity contribution in [1.82, 2.24) is 15.0 Å². The maximum Gasteiger partial charge on any atom is 0.225 e. The number of carbonyl (C=O) groups is 1. The lowest BCUT2D eigenvalue weighted by atomic mass is 9.85. The number of hydrogen-bond acceptors (Lipinski definition) is 7. The van der Waals surface area contributed by atoms with Crippen LogP contribution in [-0.4, -0.2) is 46.9 Å². The van der Waals surface area contributed by atoms with E-state index < -0.39 is 0 Å². The van der Waals surface area contributed by atoms with Crippen molar-refractivity contribution in [2.24, 2.45) is 0 Å². The van der Waals surface area contributed by atoms with Crippen LogP contribution >= 0.6 is 0 Å². The Hall–Kier alpha value is -3.22. The molecule has 4 heterocycles. The Balaban J connectivity index is 1.33. The summed E-state index contributed by atoms with van der Waals surface area (Å²) < 4.78 is 5.52. The van der Waals surface area contributed by atoms with Crippen LogP contribution in [0.15, 0.2) is 53.4 Å². The molecule has 0 amide bonds. The quantitative estimate of drug-likeness (QED) is 0.697. The summed E-state index contributed by atoms with van der Waals surface area (Å²) in [5, 5.41) is 0. The Morgan fingerprint density at radius 1 is 0.964 bits per heavy atom. The summed E-state index contributed by atoms with van der Waals surface area (Å²) in [6.45, 7) is 3.38. The van der Waals surface area contributed by atoms with Gasteiger partial charge in [-0.2, -0.15) is 0 Å². The van der Waals surface area contributed by atoms with Crippen molar-refractivity contribution in [2.45, 2.75) is 18.8 Å². The fourth-order valence-electron chi connectivity index (χ4n) is 3.99. The first-order chi connectivity index (χ1) is 13.8. The smallest absolute Gasteiger partial charge is 0.225 e. The zero-order valence-electron chi connectivity index (χ0n) is 15.5. The van der Waals surface area contributed by atoms with E-state index in [1.807, 2.05) is 36.5 Å². The fraction of sp³-hybridized carbons (Fsp3) is 0.333. The zero-order chi connectivity index (χ0) is 18.9. The number of ketones is 1. The maximum absolute atomic E-state index is 12.5. The lowest BCUT2D eigenvalue weighted by Gasteiger charge is -2.35. The summed E-state index contributed by atoms with van der Waals surface area (Å²) >= 11 is 0. The largest absolute Gasteiger partial charge is 0.469 e. The van der Waals surface area contributed by atoms with Gasteiger partial charge in [0.25, 0.3) is 0 Å². The van der Waals surface area contributed by atoms with E-state index in [2.05, 4.69) is 19.8 Å². The van der Waals surface area contributed by atoms with Crippen molar-refractivity contribution < 1.29 is 9.21 Å². The second-order valence-corrected chi connectivity index (χ2v) is 7.24. The summed E-state index contributed by atoms with van der Waals surface area (Å²) in [4.78, 5) is 30.7. The molecule has 3 aromatic rings. The molecule has 1 saturated heterocycles. The first-order valence-corrected chi connectivity index (χ1v) is 9.61. The Labute approximate surface area is 163 Å². The third-order valence-corrected chi connectivity index (χ3v) is 5.51. The third-order valence-electron chi connectivity index (χ3n) is 5.51. The molecule has 0 aromatic carbocycles. The average Bonchev–Trinajstić information content (AvgIpc) is 3.29. The average molecular weight is 375 g/mol. The van der Waals surface area contributed by atoms with Gasteiger partial charge in [-0.15, -0.1) is 0 Å². The molecule has 1 atom stereocenters. The number of furan rings is 1.